The van der Waals surface area contributed by atoms with E-state index in [4.69, 9.17) is 11.6 Å². The fourth-order valence-corrected chi connectivity index (χ4v) is 1.84. The van der Waals surface area contributed by atoms with E-state index in [1.165, 1.54) is 6.92 Å². The molecule has 1 N–H and O–H groups in total. The second-order valence-corrected chi connectivity index (χ2v) is 4.26. The monoisotopic (exact) mass is 271 g/mol. The minimum atomic E-state index is -2.45. The van der Waals surface area contributed by atoms with Gasteiger partial charge < -0.3 is 5.32 Å². The molecule has 0 saturated heterocycles. The lowest BCUT2D eigenvalue weighted by Gasteiger charge is -2.18. The third kappa shape index (κ3) is 2.61. The molecule has 0 bridgehead atoms. The van der Waals surface area contributed by atoms with Crippen molar-refractivity contribution in [3.63, 3.8) is 0 Å². The fraction of sp³-hybridized carbons (Fsp3) is 0.250. The van der Waals surface area contributed by atoms with Gasteiger partial charge in [-0.2, -0.15) is 5.10 Å². The summed E-state index contributed by atoms with van der Waals surface area (Å²) in [6.45, 7) is 1.42. The molecular formula is C12H12ClF2N3. The predicted octanol–water partition coefficient (Wildman–Crippen LogP) is 3.59. The van der Waals surface area contributed by atoms with E-state index in [9.17, 15) is 8.78 Å². The highest BCUT2D eigenvalue weighted by Gasteiger charge is 2.17. The summed E-state index contributed by atoms with van der Waals surface area (Å²) >= 11 is 6.10. The molecule has 1 aromatic carbocycles. The summed E-state index contributed by atoms with van der Waals surface area (Å²) in [6.07, 6.45) is 0.859. The summed E-state index contributed by atoms with van der Waals surface area (Å²) in [5.41, 5.74) is 1.09. The van der Waals surface area contributed by atoms with Gasteiger partial charge in [0.15, 0.2) is 0 Å². The van der Waals surface area contributed by atoms with Crippen LogP contribution in [0.2, 0.25) is 5.02 Å². The molecule has 1 unspecified atom stereocenters. The highest BCUT2D eigenvalue weighted by atomic mass is 35.5. The highest BCUT2D eigenvalue weighted by Crippen LogP contribution is 2.28. The van der Waals surface area contributed by atoms with Gasteiger partial charge in [-0.25, -0.2) is 13.5 Å². The topological polar surface area (TPSA) is 29.9 Å². The van der Waals surface area contributed by atoms with Crippen molar-refractivity contribution in [2.45, 2.75) is 19.4 Å². The second kappa shape index (κ2) is 5.35. The lowest BCUT2D eigenvalue weighted by Crippen LogP contribution is -2.24. The maximum absolute atomic E-state index is 12.6. The van der Waals surface area contributed by atoms with E-state index in [0.717, 1.165) is 0 Å². The van der Waals surface area contributed by atoms with Crippen molar-refractivity contribution in [2.75, 3.05) is 5.32 Å². The summed E-state index contributed by atoms with van der Waals surface area (Å²) < 4.78 is 26.7. The molecule has 0 radical (unpaired) electrons. The first-order valence-electron chi connectivity index (χ1n) is 5.43. The summed E-state index contributed by atoms with van der Waals surface area (Å²) in [4.78, 5) is 0. The van der Waals surface area contributed by atoms with Crippen LogP contribution in [-0.2, 0) is 0 Å². The number of alkyl halides is 2. The molecule has 1 aromatic heterocycles. The second-order valence-electron chi connectivity index (χ2n) is 3.85. The Kier molecular flexibility index (Phi) is 3.81. The lowest BCUT2D eigenvalue weighted by molar-refractivity contribution is 0.130. The van der Waals surface area contributed by atoms with Gasteiger partial charge in [-0.05, 0) is 25.1 Å². The molecule has 18 heavy (non-hydrogen) atoms. The van der Waals surface area contributed by atoms with Gasteiger partial charge in [-0.15, -0.1) is 0 Å². The Morgan fingerprint density at radius 1 is 1.33 bits per heavy atom. The number of hydrogen-bond donors (Lipinski definition) is 1. The Morgan fingerprint density at radius 2 is 2.11 bits per heavy atom. The molecule has 2 aromatic rings. The van der Waals surface area contributed by atoms with E-state index in [2.05, 4.69) is 10.4 Å². The first kappa shape index (κ1) is 12.8. The van der Waals surface area contributed by atoms with Crippen molar-refractivity contribution in [2.24, 2.45) is 0 Å². The molecule has 0 amide bonds. The van der Waals surface area contributed by atoms with Gasteiger partial charge in [-0.1, -0.05) is 17.7 Å². The van der Waals surface area contributed by atoms with E-state index in [-0.39, 0.29) is 0 Å². The van der Waals surface area contributed by atoms with Crippen molar-refractivity contribution < 1.29 is 8.78 Å². The number of benzene rings is 1. The number of para-hydroxylation sites is 1. The van der Waals surface area contributed by atoms with Crippen LogP contribution in [0.4, 0.5) is 14.5 Å². The first-order chi connectivity index (χ1) is 8.59. The van der Waals surface area contributed by atoms with Crippen LogP contribution in [0.15, 0.2) is 36.7 Å². The predicted molar refractivity (Wildman–Crippen MR) is 67.7 cm³/mol. The molecule has 0 aliphatic rings. The van der Waals surface area contributed by atoms with Crippen LogP contribution >= 0.6 is 11.6 Å². The van der Waals surface area contributed by atoms with E-state index >= 15 is 0 Å². The normalized spacial score (nSPS) is 12.7. The molecule has 2 rings (SSSR count). The molecule has 0 aliphatic heterocycles. The Bertz CT molecular complexity index is 514. The van der Waals surface area contributed by atoms with Gasteiger partial charge in [0.25, 0.3) is 6.43 Å². The minimum Gasteiger partial charge on any atom is -0.375 e. The SMILES string of the molecule is CC(Nc1cccc(Cl)c1-n1cccn1)C(F)F. The molecule has 1 heterocycles. The molecule has 0 spiro atoms. The maximum Gasteiger partial charge on any atom is 0.258 e. The Balaban J connectivity index is 2.39. The zero-order valence-corrected chi connectivity index (χ0v) is 10.4. The number of nitrogens with zero attached hydrogens (tertiary/aromatic N) is 2. The van der Waals surface area contributed by atoms with Gasteiger partial charge >= 0.3 is 0 Å². The molecular weight excluding hydrogens is 260 g/mol. The molecule has 6 heteroatoms. The zero-order valence-electron chi connectivity index (χ0n) is 9.65. The Hall–Kier alpha value is -1.62. The van der Waals surface area contributed by atoms with E-state index in [1.54, 1.807) is 41.3 Å². The van der Waals surface area contributed by atoms with Crippen LogP contribution in [-0.4, -0.2) is 22.2 Å². The van der Waals surface area contributed by atoms with Crippen molar-refractivity contribution >= 4 is 17.3 Å². The molecule has 96 valence electrons. The smallest absolute Gasteiger partial charge is 0.258 e. The van der Waals surface area contributed by atoms with Crippen molar-refractivity contribution in [3.8, 4) is 5.69 Å². The van der Waals surface area contributed by atoms with Crippen LogP contribution in [0.3, 0.4) is 0 Å². The van der Waals surface area contributed by atoms with Crippen LogP contribution in [0.25, 0.3) is 5.69 Å². The minimum absolute atomic E-state index is 0.449. The summed E-state index contributed by atoms with van der Waals surface area (Å²) in [7, 11) is 0. The number of hydrogen-bond acceptors (Lipinski definition) is 2. The first-order valence-corrected chi connectivity index (χ1v) is 5.80. The third-order valence-corrected chi connectivity index (χ3v) is 2.79. The average molecular weight is 272 g/mol. The summed E-state index contributed by atoms with van der Waals surface area (Å²) in [5.74, 6) is 0. The van der Waals surface area contributed by atoms with Crippen LogP contribution < -0.4 is 5.32 Å². The van der Waals surface area contributed by atoms with Gasteiger partial charge in [0, 0.05) is 12.4 Å². The van der Waals surface area contributed by atoms with Crippen molar-refractivity contribution in [1.82, 2.24) is 9.78 Å². The van der Waals surface area contributed by atoms with Crippen LogP contribution in [0.5, 0.6) is 0 Å². The van der Waals surface area contributed by atoms with Gasteiger partial charge in [0.1, 0.15) is 5.69 Å². The van der Waals surface area contributed by atoms with E-state index in [1.807, 2.05) is 0 Å². The third-order valence-electron chi connectivity index (χ3n) is 2.48. The molecule has 0 fully saturated rings. The summed E-state index contributed by atoms with van der Waals surface area (Å²) in [5, 5.41) is 7.26. The molecule has 3 nitrogen and oxygen atoms in total. The number of aromatic nitrogens is 2. The Morgan fingerprint density at radius 3 is 2.72 bits per heavy atom. The number of nitrogens with one attached hydrogen (secondary N) is 1. The lowest BCUT2D eigenvalue weighted by atomic mass is 10.2. The maximum atomic E-state index is 12.6. The van der Waals surface area contributed by atoms with E-state index in [0.29, 0.717) is 16.4 Å². The summed E-state index contributed by atoms with van der Waals surface area (Å²) in [6, 6.07) is 5.87. The number of halogens is 3. The highest BCUT2D eigenvalue weighted by molar-refractivity contribution is 6.33. The number of anilines is 1. The van der Waals surface area contributed by atoms with E-state index < -0.39 is 12.5 Å². The van der Waals surface area contributed by atoms with Crippen LogP contribution in [0.1, 0.15) is 6.92 Å². The molecule has 0 saturated carbocycles. The van der Waals surface area contributed by atoms with Gasteiger partial charge in [0.05, 0.1) is 16.8 Å². The fourth-order valence-electron chi connectivity index (χ4n) is 1.57. The van der Waals surface area contributed by atoms with Gasteiger partial charge in [-0.3, -0.25) is 0 Å². The average Bonchev–Trinajstić information content (AvgIpc) is 2.82. The Labute approximate surface area is 108 Å². The zero-order chi connectivity index (χ0) is 13.1. The molecule has 1 atom stereocenters. The van der Waals surface area contributed by atoms with Crippen molar-refractivity contribution in [3.05, 3.63) is 41.7 Å². The van der Waals surface area contributed by atoms with Gasteiger partial charge in [0.2, 0.25) is 0 Å². The van der Waals surface area contributed by atoms with Crippen molar-refractivity contribution in [1.29, 1.82) is 0 Å². The van der Waals surface area contributed by atoms with Crippen LogP contribution in [0, 0.1) is 0 Å². The standard InChI is InChI=1S/C12H12ClF2N3/c1-8(12(14)15)17-10-5-2-4-9(13)11(10)18-7-3-6-16-18/h2-8,12,17H,1H3. The molecule has 0 aliphatic carbocycles. The number of rotatable bonds is 4. The quantitative estimate of drug-likeness (QED) is 0.921. The largest absolute Gasteiger partial charge is 0.375 e.